The molecule has 0 fully saturated rings. The zero-order valence-electron chi connectivity index (χ0n) is 11.7. The number of hydrogen-bond donors (Lipinski definition) is 1. The molecule has 3 aromatic rings. The van der Waals surface area contributed by atoms with Crippen LogP contribution in [-0.2, 0) is 6.54 Å². The minimum absolute atomic E-state index is 0.964. The second kappa shape index (κ2) is 5.78. The van der Waals surface area contributed by atoms with Crippen molar-refractivity contribution in [3.8, 4) is 0 Å². The summed E-state index contributed by atoms with van der Waals surface area (Å²) in [5, 5.41) is 6.10. The molecule has 2 aromatic carbocycles. The lowest BCUT2D eigenvalue weighted by atomic mass is 10.1. The van der Waals surface area contributed by atoms with Crippen LogP contribution in [0.1, 0.15) is 12.2 Å². The normalized spacial score (nSPS) is 10.8. The van der Waals surface area contributed by atoms with Crippen molar-refractivity contribution in [1.29, 1.82) is 0 Å². The summed E-state index contributed by atoms with van der Waals surface area (Å²) < 4.78 is 2.19. The van der Waals surface area contributed by atoms with E-state index in [-0.39, 0.29) is 0 Å². The molecule has 0 aliphatic rings. The van der Waals surface area contributed by atoms with Crippen molar-refractivity contribution in [3.63, 3.8) is 0 Å². The van der Waals surface area contributed by atoms with Gasteiger partial charge >= 0.3 is 0 Å². The van der Waals surface area contributed by atoms with Crippen molar-refractivity contribution >= 4 is 16.5 Å². The zero-order chi connectivity index (χ0) is 13.8. The molecule has 3 heteroatoms. The number of fused-ring (bicyclic) bond motifs is 1. The van der Waals surface area contributed by atoms with E-state index in [1.807, 2.05) is 19.3 Å². The molecule has 1 N–H and O–H groups in total. The number of benzene rings is 2. The van der Waals surface area contributed by atoms with E-state index >= 15 is 0 Å². The third-order valence-electron chi connectivity index (χ3n) is 3.60. The van der Waals surface area contributed by atoms with E-state index < -0.39 is 0 Å². The summed E-state index contributed by atoms with van der Waals surface area (Å²) in [6.45, 7) is 4.01. The predicted octanol–water partition coefficient (Wildman–Crippen LogP) is 3.85. The van der Waals surface area contributed by atoms with Gasteiger partial charge in [0.2, 0.25) is 0 Å². The fraction of sp³-hybridized carbons (Fsp3) is 0.235. The van der Waals surface area contributed by atoms with Crippen molar-refractivity contribution in [1.82, 2.24) is 9.55 Å². The number of nitrogens with one attached hydrogen (secondary N) is 1. The predicted molar refractivity (Wildman–Crippen MR) is 84.0 cm³/mol. The maximum Gasteiger partial charge on any atom is 0.105 e. The first-order valence-electron chi connectivity index (χ1n) is 7.04. The summed E-state index contributed by atoms with van der Waals surface area (Å²) in [6.07, 6.45) is 4.97. The first kappa shape index (κ1) is 12.7. The first-order chi connectivity index (χ1) is 9.84. The van der Waals surface area contributed by atoms with Crippen molar-refractivity contribution in [2.24, 2.45) is 0 Å². The standard InChI is InChI=1S/C17H19N3/c1-14-18-11-13-20(14)12-5-10-19-17-9-4-7-15-6-2-3-8-16(15)17/h2-4,6-9,11,13,19H,5,10,12H2,1H3. The molecular weight excluding hydrogens is 246 g/mol. The quantitative estimate of drug-likeness (QED) is 0.710. The molecule has 0 amide bonds. The highest BCUT2D eigenvalue weighted by molar-refractivity contribution is 5.93. The van der Waals surface area contributed by atoms with Crippen molar-refractivity contribution in [3.05, 3.63) is 60.7 Å². The number of aryl methyl sites for hydroxylation is 2. The summed E-state index contributed by atoms with van der Waals surface area (Å²) in [7, 11) is 0. The molecule has 3 nitrogen and oxygen atoms in total. The Kier molecular flexibility index (Phi) is 3.68. The van der Waals surface area contributed by atoms with E-state index in [1.165, 1.54) is 16.5 Å². The average Bonchev–Trinajstić information content (AvgIpc) is 2.89. The summed E-state index contributed by atoms with van der Waals surface area (Å²) in [6, 6.07) is 14.9. The molecule has 0 aliphatic carbocycles. The Morgan fingerprint density at radius 1 is 1.10 bits per heavy atom. The van der Waals surface area contributed by atoms with Gasteiger partial charge in [0.15, 0.2) is 0 Å². The number of hydrogen-bond acceptors (Lipinski definition) is 2. The van der Waals surface area contributed by atoms with E-state index in [0.29, 0.717) is 0 Å². The number of aromatic nitrogens is 2. The monoisotopic (exact) mass is 265 g/mol. The second-order valence-electron chi connectivity index (χ2n) is 4.97. The molecule has 3 rings (SSSR count). The molecule has 20 heavy (non-hydrogen) atoms. The largest absolute Gasteiger partial charge is 0.384 e. The van der Waals surface area contributed by atoms with Crippen LogP contribution in [0.25, 0.3) is 10.8 Å². The maximum absolute atomic E-state index is 4.24. The first-order valence-corrected chi connectivity index (χ1v) is 7.04. The zero-order valence-corrected chi connectivity index (χ0v) is 11.7. The topological polar surface area (TPSA) is 29.9 Å². The highest BCUT2D eigenvalue weighted by Gasteiger charge is 2.00. The Balaban J connectivity index is 1.62. The van der Waals surface area contributed by atoms with Crippen LogP contribution in [0.2, 0.25) is 0 Å². The van der Waals surface area contributed by atoms with E-state index in [2.05, 4.69) is 57.3 Å². The molecule has 1 aromatic heterocycles. The molecule has 102 valence electrons. The molecule has 0 aliphatic heterocycles. The van der Waals surface area contributed by atoms with Gasteiger partial charge in [0, 0.05) is 36.6 Å². The Morgan fingerprint density at radius 2 is 1.95 bits per heavy atom. The number of anilines is 1. The van der Waals surface area contributed by atoms with Crippen LogP contribution in [0.15, 0.2) is 54.9 Å². The fourth-order valence-electron chi connectivity index (χ4n) is 2.49. The molecule has 0 bridgehead atoms. The third-order valence-corrected chi connectivity index (χ3v) is 3.60. The van der Waals surface area contributed by atoms with Gasteiger partial charge in [-0.1, -0.05) is 36.4 Å². The van der Waals surface area contributed by atoms with Gasteiger partial charge in [-0.25, -0.2) is 4.98 Å². The Morgan fingerprint density at radius 3 is 2.80 bits per heavy atom. The Bertz CT molecular complexity index is 695. The lowest BCUT2D eigenvalue weighted by molar-refractivity contribution is 0.643. The van der Waals surface area contributed by atoms with Crippen LogP contribution < -0.4 is 5.32 Å². The van der Waals surface area contributed by atoms with Crippen LogP contribution in [0.5, 0.6) is 0 Å². The summed E-state index contributed by atoms with van der Waals surface area (Å²) >= 11 is 0. The highest BCUT2D eigenvalue weighted by Crippen LogP contribution is 2.22. The van der Waals surface area contributed by atoms with Gasteiger partial charge in [-0.3, -0.25) is 0 Å². The molecule has 1 heterocycles. The molecule has 0 unspecified atom stereocenters. The minimum Gasteiger partial charge on any atom is -0.384 e. The van der Waals surface area contributed by atoms with E-state index in [4.69, 9.17) is 0 Å². The summed E-state index contributed by atoms with van der Waals surface area (Å²) in [5.41, 5.74) is 1.21. The fourth-order valence-corrected chi connectivity index (χ4v) is 2.49. The number of imidazole rings is 1. The molecular formula is C17H19N3. The van der Waals surface area contributed by atoms with Gasteiger partial charge < -0.3 is 9.88 Å². The molecule has 0 atom stereocenters. The Hall–Kier alpha value is -2.29. The molecule has 0 saturated heterocycles. The maximum atomic E-state index is 4.24. The molecule has 0 saturated carbocycles. The molecule has 0 spiro atoms. The van der Waals surface area contributed by atoms with Crippen LogP contribution in [0, 0.1) is 6.92 Å². The van der Waals surface area contributed by atoms with Crippen molar-refractivity contribution in [2.45, 2.75) is 19.9 Å². The summed E-state index contributed by atoms with van der Waals surface area (Å²) in [4.78, 5) is 4.24. The van der Waals surface area contributed by atoms with Crippen LogP contribution >= 0.6 is 0 Å². The lowest BCUT2D eigenvalue weighted by Crippen LogP contribution is -2.07. The van der Waals surface area contributed by atoms with Gasteiger partial charge in [-0.05, 0) is 24.8 Å². The van der Waals surface area contributed by atoms with E-state index in [9.17, 15) is 0 Å². The second-order valence-corrected chi connectivity index (χ2v) is 4.97. The highest BCUT2D eigenvalue weighted by atomic mass is 15.1. The SMILES string of the molecule is Cc1nccn1CCCNc1cccc2ccccc12. The van der Waals surface area contributed by atoms with Gasteiger partial charge in [-0.2, -0.15) is 0 Å². The van der Waals surface area contributed by atoms with E-state index in [1.54, 1.807) is 0 Å². The lowest BCUT2D eigenvalue weighted by Gasteiger charge is -2.10. The third kappa shape index (κ3) is 2.67. The smallest absolute Gasteiger partial charge is 0.105 e. The average molecular weight is 265 g/mol. The van der Waals surface area contributed by atoms with Gasteiger partial charge in [-0.15, -0.1) is 0 Å². The van der Waals surface area contributed by atoms with Crippen LogP contribution in [0.4, 0.5) is 5.69 Å². The number of rotatable bonds is 5. The van der Waals surface area contributed by atoms with Gasteiger partial charge in [0.05, 0.1) is 0 Å². The minimum atomic E-state index is 0.964. The van der Waals surface area contributed by atoms with E-state index in [0.717, 1.165) is 25.3 Å². The molecule has 0 radical (unpaired) electrons. The van der Waals surface area contributed by atoms with Crippen LogP contribution in [-0.4, -0.2) is 16.1 Å². The number of nitrogens with zero attached hydrogens (tertiary/aromatic N) is 2. The van der Waals surface area contributed by atoms with Gasteiger partial charge in [0.25, 0.3) is 0 Å². The van der Waals surface area contributed by atoms with Crippen LogP contribution in [0.3, 0.4) is 0 Å². The summed E-state index contributed by atoms with van der Waals surface area (Å²) in [5.74, 6) is 1.08. The van der Waals surface area contributed by atoms with Crippen molar-refractivity contribution in [2.75, 3.05) is 11.9 Å². The van der Waals surface area contributed by atoms with Gasteiger partial charge in [0.1, 0.15) is 5.82 Å². The Labute approximate surface area is 119 Å². The van der Waals surface area contributed by atoms with Crippen molar-refractivity contribution < 1.29 is 0 Å².